The zero-order valence-electron chi connectivity index (χ0n) is 8.39. The fourth-order valence-electron chi connectivity index (χ4n) is 0.680. The SMILES string of the molecule is CC(C)CN=C(NN)NC(C)C. The summed E-state index contributed by atoms with van der Waals surface area (Å²) in [5.41, 5.74) is 2.53. The highest BCUT2D eigenvalue weighted by atomic mass is 15.3. The number of rotatable bonds is 3. The lowest BCUT2D eigenvalue weighted by molar-refractivity contribution is 0.646. The second-order valence-electron chi connectivity index (χ2n) is 3.53. The molecular formula is C8H20N4. The van der Waals surface area contributed by atoms with Gasteiger partial charge >= 0.3 is 0 Å². The second-order valence-corrected chi connectivity index (χ2v) is 3.53. The molecule has 0 aromatic rings. The fraction of sp³-hybridized carbons (Fsp3) is 0.875. The van der Waals surface area contributed by atoms with Gasteiger partial charge in [0.05, 0.1) is 0 Å². The van der Waals surface area contributed by atoms with Gasteiger partial charge in [0.2, 0.25) is 5.96 Å². The van der Waals surface area contributed by atoms with Crippen molar-refractivity contribution in [2.24, 2.45) is 16.8 Å². The first-order chi connectivity index (χ1) is 5.56. The summed E-state index contributed by atoms with van der Waals surface area (Å²) in [4.78, 5) is 4.25. The lowest BCUT2D eigenvalue weighted by Crippen LogP contribution is -2.44. The maximum atomic E-state index is 5.26. The molecule has 0 atom stereocenters. The van der Waals surface area contributed by atoms with Crippen LogP contribution < -0.4 is 16.6 Å². The van der Waals surface area contributed by atoms with E-state index in [2.05, 4.69) is 29.6 Å². The number of hydrogen-bond acceptors (Lipinski definition) is 2. The van der Waals surface area contributed by atoms with Gasteiger partial charge in [-0.3, -0.25) is 10.4 Å². The quantitative estimate of drug-likeness (QED) is 0.251. The molecule has 0 unspecified atom stereocenters. The largest absolute Gasteiger partial charge is 0.353 e. The third-order valence-electron chi connectivity index (χ3n) is 1.18. The molecule has 4 N–H and O–H groups in total. The number of nitrogens with one attached hydrogen (secondary N) is 2. The van der Waals surface area contributed by atoms with Crippen molar-refractivity contribution in [3.05, 3.63) is 0 Å². The maximum Gasteiger partial charge on any atom is 0.205 e. The Bertz CT molecular complexity index is 140. The molecule has 0 radical (unpaired) electrons. The molecule has 0 bridgehead atoms. The van der Waals surface area contributed by atoms with E-state index >= 15 is 0 Å². The number of guanidine groups is 1. The predicted octanol–water partition coefficient (Wildman–Crippen LogP) is 0.460. The lowest BCUT2D eigenvalue weighted by Gasteiger charge is -2.12. The molecule has 0 heterocycles. The Balaban J connectivity index is 3.87. The Morgan fingerprint density at radius 3 is 2.25 bits per heavy atom. The Labute approximate surface area is 74.6 Å². The molecule has 0 rings (SSSR count). The van der Waals surface area contributed by atoms with E-state index in [0.717, 1.165) is 6.54 Å². The van der Waals surface area contributed by atoms with Crippen molar-refractivity contribution < 1.29 is 0 Å². The van der Waals surface area contributed by atoms with E-state index in [1.165, 1.54) is 0 Å². The van der Waals surface area contributed by atoms with Crippen LogP contribution in [0.4, 0.5) is 0 Å². The van der Waals surface area contributed by atoms with Gasteiger partial charge < -0.3 is 5.32 Å². The molecule has 0 aliphatic heterocycles. The molecular weight excluding hydrogens is 152 g/mol. The highest BCUT2D eigenvalue weighted by Gasteiger charge is 1.98. The van der Waals surface area contributed by atoms with Crippen LogP contribution >= 0.6 is 0 Å². The summed E-state index contributed by atoms with van der Waals surface area (Å²) in [6.07, 6.45) is 0. The van der Waals surface area contributed by atoms with Crippen LogP contribution in [0.25, 0.3) is 0 Å². The van der Waals surface area contributed by atoms with Gasteiger partial charge in [0.15, 0.2) is 0 Å². The van der Waals surface area contributed by atoms with Crippen molar-refractivity contribution >= 4 is 5.96 Å². The molecule has 0 fully saturated rings. The van der Waals surface area contributed by atoms with Gasteiger partial charge in [-0.15, -0.1) is 0 Å². The molecule has 12 heavy (non-hydrogen) atoms. The van der Waals surface area contributed by atoms with Crippen LogP contribution in [0, 0.1) is 5.92 Å². The van der Waals surface area contributed by atoms with E-state index in [-0.39, 0.29) is 0 Å². The van der Waals surface area contributed by atoms with Crippen molar-refractivity contribution in [1.82, 2.24) is 10.7 Å². The summed E-state index contributed by atoms with van der Waals surface area (Å²) in [5, 5.41) is 3.10. The van der Waals surface area contributed by atoms with Crippen LogP contribution in [0.1, 0.15) is 27.7 Å². The highest BCUT2D eigenvalue weighted by molar-refractivity contribution is 5.79. The molecule has 0 saturated heterocycles. The Morgan fingerprint density at radius 2 is 1.92 bits per heavy atom. The van der Waals surface area contributed by atoms with Crippen molar-refractivity contribution in [3.8, 4) is 0 Å². The van der Waals surface area contributed by atoms with Crippen molar-refractivity contribution in [3.63, 3.8) is 0 Å². The molecule has 0 spiro atoms. The molecule has 4 heteroatoms. The van der Waals surface area contributed by atoms with E-state index in [9.17, 15) is 0 Å². The van der Waals surface area contributed by atoms with Crippen LogP contribution in [0.2, 0.25) is 0 Å². The van der Waals surface area contributed by atoms with Gasteiger partial charge in [0, 0.05) is 12.6 Å². The summed E-state index contributed by atoms with van der Waals surface area (Å²) < 4.78 is 0. The molecule has 0 aromatic carbocycles. The fourth-order valence-corrected chi connectivity index (χ4v) is 0.680. The van der Waals surface area contributed by atoms with E-state index < -0.39 is 0 Å². The monoisotopic (exact) mass is 172 g/mol. The molecule has 0 aliphatic carbocycles. The van der Waals surface area contributed by atoms with Crippen LogP contribution in [0.15, 0.2) is 4.99 Å². The Kier molecular flexibility index (Phi) is 5.45. The molecule has 0 aliphatic rings. The van der Waals surface area contributed by atoms with Gasteiger partial charge in [0.1, 0.15) is 0 Å². The topological polar surface area (TPSA) is 62.4 Å². The first-order valence-electron chi connectivity index (χ1n) is 4.33. The van der Waals surface area contributed by atoms with Gasteiger partial charge in [0.25, 0.3) is 0 Å². The lowest BCUT2D eigenvalue weighted by atomic mass is 10.2. The molecule has 0 aromatic heterocycles. The van der Waals surface area contributed by atoms with Crippen molar-refractivity contribution in [2.45, 2.75) is 33.7 Å². The third kappa shape index (κ3) is 5.97. The smallest absolute Gasteiger partial charge is 0.205 e. The van der Waals surface area contributed by atoms with E-state index in [0.29, 0.717) is 17.9 Å². The maximum absolute atomic E-state index is 5.26. The summed E-state index contributed by atoms with van der Waals surface area (Å²) in [6.45, 7) is 9.11. The number of hydrogen-bond donors (Lipinski definition) is 3. The number of hydrazine groups is 1. The van der Waals surface area contributed by atoms with Gasteiger partial charge in [-0.25, -0.2) is 5.84 Å². The normalized spacial score (nSPS) is 12.4. The Hall–Kier alpha value is -0.770. The Morgan fingerprint density at radius 1 is 1.33 bits per heavy atom. The number of aliphatic imine (C=N–C) groups is 1. The van der Waals surface area contributed by atoms with Crippen LogP contribution in [0.5, 0.6) is 0 Å². The number of nitrogens with two attached hydrogens (primary N) is 1. The average molecular weight is 172 g/mol. The van der Waals surface area contributed by atoms with E-state index in [1.807, 2.05) is 13.8 Å². The van der Waals surface area contributed by atoms with Gasteiger partial charge in [-0.2, -0.15) is 0 Å². The molecule has 0 saturated carbocycles. The second kappa shape index (κ2) is 5.83. The first-order valence-corrected chi connectivity index (χ1v) is 4.33. The minimum Gasteiger partial charge on any atom is -0.353 e. The zero-order chi connectivity index (χ0) is 9.56. The standard InChI is InChI=1S/C8H20N4/c1-6(2)5-10-8(12-9)11-7(3)4/h6-7H,5,9H2,1-4H3,(H2,10,11,12). The van der Waals surface area contributed by atoms with E-state index in [4.69, 9.17) is 5.84 Å². The number of nitrogens with zero attached hydrogens (tertiary/aromatic N) is 1. The summed E-state index contributed by atoms with van der Waals surface area (Å²) in [7, 11) is 0. The highest BCUT2D eigenvalue weighted by Crippen LogP contribution is 1.91. The zero-order valence-corrected chi connectivity index (χ0v) is 8.39. The van der Waals surface area contributed by atoms with Crippen LogP contribution in [0.3, 0.4) is 0 Å². The van der Waals surface area contributed by atoms with Crippen molar-refractivity contribution in [1.29, 1.82) is 0 Å². The molecule has 0 amide bonds. The first kappa shape index (κ1) is 11.2. The molecule has 4 nitrogen and oxygen atoms in total. The summed E-state index contributed by atoms with van der Waals surface area (Å²) in [5.74, 6) is 6.49. The van der Waals surface area contributed by atoms with Crippen molar-refractivity contribution in [2.75, 3.05) is 6.54 Å². The van der Waals surface area contributed by atoms with Gasteiger partial charge in [-0.1, -0.05) is 13.8 Å². The third-order valence-corrected chi connectivity index (χ3v) is 1.18. The summed E-state index contributed by atoms with van der Waals surface area (Å²) in [6, 6.07) is 0.354. The van der Waals surface area contributed by atoms with Gasteiger partial charge in [-0.05, 0) is 19.8 Å². The average Bonchev–Trinajstić information content (AvgIpc) is 1.97. The van der Waals surface area contributed by atoms with Crippen LogP contribution in [-0.2, 0) is 0 Å². The minimum absolute atomic E-state index is 0.354. The summed E-state index contributed by atoms with van der Waals surface area (Å²) >= 11 is 0. The van der Waals surface area contributed by atoms with Crippen LogP contribution in [-0.4, -0.2) is 18.5 Å². The van der Waals surface area contributed by atoms with E-state index in [1.54, 1.807) is 0 Å². The predicted molar refractivity (Wildman–Crippen MR) is 52.7 cm³/mol. The molecule has 72 valence electrons. The minimum atomic E-state index is 0.354.